The summed E-state index contributed by atoms with van der Waals surface area (Å²) in [6, 6.07) is 14.4. The molecule has 1 N–H and O–H groups in total. The normalized spacial score (nSPS) is 16.6. The van der Waals surface area contributed by atoms with Crippen LogP contribution in [0.15, 0.2) is 53.4 Å². The second-order valence-corrected chi connectivity index (χ2v) is 6.62. The first-order valence-corrected chi connectivity index (χ1v) is 7.91. The third kappa shape index (κ3) is 2.91. The van der Waals surface area contributed by atoms with E-state index in [1.165, 1.54) is 11.8 Å². The minimum absolute atomic E-state index is 0.117. The van der Waals surface area contributed by atoms with E-state index in [1.54, 1.807) is 35.2 Å². The minimum Gasteiger partial charge on any atom is -0.508 e. The van der Waals surface area contributed by atoms with Crippen molar-refractivity contribution >= 4 is 46.0 Å². The molecule has 3 nitrogen and oxygen atoms in total. The van der Waals surface area contributed by atoms with Crippen LogP contribution in [0.5, 0.6) is 5.75 Å². The van der Waals surface area contributed by atoms with E-state index in [-0.39, 0.29) is 11.7 Å². The first-order valence-electron chi connectivity index (χ1n) is 6.68. The van der Waals surface area contributed by atoms with Crippen molar-refractivity contribution < 1.29 is 9.90 Å². The summed E-state index contributed by atoms with van der Waals surface area (Å²) in [7, 11) is 0. The monoisotopic (exact) mass is 327 g/mol. The van der Waals surface area contributed by atoms with Crippen LogP contribution in [0.25, 0.3) is 6.08 Å². The number of rotatable bonds is 2. The number of hydrogen-bond acceptors (Lipinski definition) is 4. The summed E-state index contributed by atoms with van der Waals surface area (Å²) in [5.74, 6) is 0.0816. The van der Waals surface area contributed by atoms with Gasteiger partial charge in [0.15, 0.2) is 4.32 Å². The van der Waals surface area contributed by atoms with Crippen LogP contribution in [-0.2, 0) is 4.79 Å². The number of benzene rings is 2. The molecule has 0 aliphatic carbocycles. The molecule has 1 aliphatic rings. The second-order valence-electron chi connectivity index (χ2n) is 4.95. The zero-order chi connectivity index (χ0) is 15.7. The molecule has 0 spiro atoms. The smallest absolute Gasteiger partial charge is 0.270 e. The molecule has 5 heteroatoms. The fourth-order valence-corrected chi connectivity index (χ4v) is 3.48. The zero-order valence-corrected chi connectivity index (χ0v) is 13.4. The van der Waals surface area contributed by atoms with Gasteiger partial charge in [0.05, 0.1) is 10.6 Å². The number of thioether (sulfide) groups is 1. The first-order chi connectivity index (χ1) is 10.5. The Morgan fingerprint density at radius 1 is 1.18 bits per heavy atom. The number of phenolic OH excluding ortho intramolecular Hbond substituents is 1. The molecule has 2 aromatic rings. The van der Waals surface area contributed by atoms with Crippen molar-refractivity contribution in [3.63, 3.8) is 0 Å². The highest BCUT2D eigenvalue weighted by Gasteiger charge is 2.33. The molecule has 0 bridgehead atoms. The van der Waals surface area contributed by atoms with Gasteiger partial charge >= 0.3 is 0 Å². The predicted molar refractivity (Wildman–Crippen MR) is 94.9 cm³/mol. The van der Waals surface area contributed by atoms with E-state index in [4.69, 9.17) is 12.2 Å². The number of aromatic hydroxyl groups is 1. The van der Waals surface area contributed by atoms with Gasteiger partial charge in [0.2, 0.25) is 0 Å². The number of phenols is 1. The van der Waals surface area contributed by atoms with E-state index < -0.39 is 0 Å². The molecular formula is C17H13NO2S2. The Labute approximate surface area is 138 Å². The van der Waals surface area contributed by atoms with E-state index in [0.29, 0.717) is 9.23 Å². The number of carbonyl (C=O) groups excluding carboxylic acids is 1. The maximum Gasteiger partial charge on any atom is 0.270 e. The number of nitrogens with zero attached hydrogens (tertiary/aromatic N) is 1. The van der Waals surface area contributed by atoms with Crippen molar-refractivity contribution in [1.29, 1.82) is 0 Å². The van der Waals surface area contributed by atoms with Crippen LogP contribution in [0.1, 0.15) is 11.1 Å². The van der Waals surface area contributed by atoms with E-state index >= 15 is 0 Å². The molecule has 1 amide bonds. The number of aryl methyl sites for hydroxylation is 1. The lowest BCUT2D eigenvalue weighted by atomic mass is 10.2. The lowest BCUT2D eigenvalue weighted by Gasteiger charge is -2.14. The molecule has 1 fully saturated rings. The Morgan fingerprint density at radius 2 is 1.91 bits per heavy atom. The van der Waals surface area contributed by atoms with Gasteiger partial charge in [-0.25, -0.2) is 0 Å². The zero-order valence-electron chi connectivity index (χ0n) is 11.8. The number of thiocarbonyl (C=S) groups is 1. The van der Waals surface area contributed by atoms with Gasteiger partial charge in [0.25, 0.3) is 5.91 Å². The highest BCUT2D eigenvalue weighted by Crippen LogP contribution is 2.36. The Balaban J connectivity index is 1.93. The fourth-order valence-electron chi connectivity index (χ4n) is 2.18. The summed E-state index contributed by atoms with van der Waals surface area (Å²) in [4.78, 5) is 14.7. The van der Waals surface area contributed by atoms with Gasteiger partial charge in [0, 0.05) is 0 Å². The van der Waals surface area contributed by atoms with Gasteiger partial charge in [-0.3, -0.25) is 9.69 Å². The van der Waals surface area contributed by atoms with Crippen LogP contribution >= 0.6 is 24.0 Å². The summed E-state index contributed by atoms with van der Waals surface area (Å²) in [5.41, 5.74) is 2.72. The number of hydrogen-bond donors (Lipinski definition) is 1. The third-order valence-corrected chi connectivity index (χ3v) is 4.55. The van der Waals surface area contributed by atoms with E-state index in [0.717, 1.165) is 16.8 Å². The Morgan fingerprint density at radius 3 is 2.59 bits per heavy atom. The van der Waals surface area contributed by atoms with Gasteiger partial charge in [-0.1, -0.05) is 48.2 Å². The summed E-state index contributed by atoms with van der Waals surface area (Å²) >= 11 is 6.63. The molecule has 1 saturated heterocycles. The standard InChI is InChI=1S/C17H13NO2S2/c1-11-3-2-4-13(9-11)18-16(20)15(22-17(18)21)10-12-5-7-14(19)8-6-12/h2-10,19H,1H3/b15-10+. The number of amides is 1. The Hall–Kier alpha value is -2.11. The molecule has 110 valence electrons. The molecule has 0 saturated carbocycles. The third-order valence-electron chi connectivity index (χ3n) is 3.24. The highest BCUT2D eigenvalue weighted by atomic mass is 32.2. The maximum absolute atomic E-state index is 12.6. The number of carbonyl (C=O) groups is 1. The van der Waals surface area contributed by atoms with Crippen molar-refractivity contribution in [1.82, 2.24) is 0 Å². The number of anilines is 1. The highest BCUT2D eigenvalue weighted by molar-refractivity contribution is 8.27. The SMILES string of the molecule is Cc1cccc(N2C(=O)/C(=C\c3ccc(O)cc3)SC2=S)c1. The molecule has 22 heavy (non-hydrogen) atoms. The quantitative estimate of drug-likeness (QED) is 0.666. The van der Waals surface area contributed by atoms with Crippen LogP contribution in [0.2, 0.25) is 0 Å². The van der Waals surface area contributed by atoms with Crippen molar-refractivity contribution in [2.24, 2.45) is 0 Å². The average Bonchev–Trinajstić information content (AvgIpc) is 2.76. The molecule has 0 atom stereocenters. The van der Waals surface area contributed by atoms with Crippen molar-refractivity contribution in [2.45, 2.75) is 6.92 Å². The summed E-state index contributed by atoms with van der Waals surface area (Å²) in [6.07, 6.45) is 1.79. The Kier molecular flexibility index (Phi) is 4.00. The van der Waals surface area contributed by atoms with Gasteiger partial charge in [0.1, 0.15) is 5.75 Å². The van der Waals surface area contributed by atoms with E-state index in [9.17, 15) is 9.90 Å². The lowest BCUT2D eigenvalue weighted by molar-refractivity contribution is -0.113. The topological polar surface area (TPSA) is 40.5 Å². The largest absolute Gasteiger partial charge is 0.508 e. The van der Waals surface area contributed by atoms with Crippen LogP contribution in [0.3, 0.4) is 0 Å². The second kappa shape index (κ2) is 5.94. The van der Waals surface area contributed by atoms with Crippen LogP contribution in [0, 0.1) is 6.92 Å². The van der Waals surface area contributed by atoms with Gasteiger partial charge in [-0.05, 0) is 48.4 Å². The van der Waals surface area contributed by atoms with Gasteiger partial charge in [-0.15, -0.1) is 0 Å². The van der Waals surface area contributed by atoms with Crippen LogP contribution in [-0.4, -0.2) is 15.3 Å². The first kappa shape index (κ1) is 14.8. The molecule has 0 aromatic heterocycles. The minimum atomic E-state index is -0.117. The average molecular weight is 327 g/mol. The van der Waals surface area contributed by atoms with Crippen molar-refractivity contribution in [3.8, 4) is 5.75 Å². The summed E-state index contributed by atoms with van der Waals surface area (Å²) < 4.78 is 0.528. The van der Waals surface area contributed by atoms with E-state index in [1.807, 2.05) is 31.2 Å². The molecule has 1 aliphatic heterocycles. The summed E-state index contributed by atoms with van der Waals surface area (Å²) in [5, 5.41) is 9.31. The van der Waals surface area contributed by atoms with Gasteiger partial charge in [-0.2, -0.15) is 0 Å². The van der Waals surface area contributed by atoms with Gasteiger partial charge < -0.3 is 5.11 Å². The molecule has 0 unspecified atom stereocenters. The summed E-state index contributed by atoms with van der Waals surface area (Å²) in [6.45, 7) is 1.98. The van der Waals surface area contributed by atoms with Crippen molar-refractivity contribution in [3.05, 3.63) is 64.6 Å². The fraction of sp³-hybridized carbons (Fsp3) is 0.0588. The Bertz CT molecular complexity index is 782. The molecule has 2 aromatic carbocycles. The predicted octanol–water partition coefficient (Wildman–Crippen LogP) is 4.11. The maximum atomic E-state index is 12.6. The molecule has 0 radical (unpaired) electrons. The van der Waals surface area contributed by atoms with Crippen LogP contribution < -0.4 is 4.90 Å². The van der Waals surface area contributed by atoms with E-state index in [2.05, 4.69) is 0 Å². The molecular weight excluding hydrogens is 314 g/mol. The van der Waals surface area contributed by atoms with Crippen LogP contribution in [0.4, 0.5) is 5.69 Å². The molecule has 3 rings (SSSR count). The lowest BCUT2D eigenvalue weighted by Crippen LogP contribution is -2.27. The molecule has 1 heterocycles. The van der Waals surface area contributed by atoms with Crippen molar-refractivity contribution in [2.75, 3.05) is 4.90 Å².